The predicted octanol–water partition coefficient (Wildman–Crippen LogP) is 17.9. The number of aromatic nitrogens is 4. The van der Waals surface area contributed by atoms with Gasteiger partial charge in [-0.05, 0) is 92.3 Å². The Balaban J connectivity index is 0.957. The maximum absolute atomic E-state index is 6.58. The first kappa shape index (κ1) is 39.7. The van der Waals surface area contributed by atoms with Gasteiger partial charge >= 0.3 is 0 Å². The van der Waals surface area contributed by atoms with Crippen molar-refractivity contribution in [1.82, 2.24) is 19.5 Å². The molecule has 0 unspecified atom stereocenters. The molecule has 11 aromatic carbocycles. The van der Waals surface area contributed by atoms with E-state index in [1.165, 1.54) is 59.4 Å². The molecule has 4 aromatic heterocycles. The van der Waals surface area contributed by atoms with Crippen LogP contribution in [0.1, 0.15) is 0 Å². The minimum Gasteiger partial charge on any atom is -0.455 e. The Labute approximate surface area is 411 Å². The first-order chi connectivity index (χ1) is 35.2. The van der Waals surface area contributed by atoms with E-state index in [0.29, 0.717) is 17.5 Å². The first-order valence-electron chi connectivity index (χ1n) is 23.9. The number of thiophene rings is 1. The Kier molecular flexibility index (Phi) is 8.76. The zero-order valence-corrected chi connectivity index (χ0v) is 38.9. The number of nitrogens with zero attached hydrogens (tertiary/aromatic N) is 4. The Hall–Kier alpha value is -9.23. The van der Waals surface area contributed by atoms with Crippen molar-refractivity contribution in [2.24, 2.45) is 0 Å². The highest BCUT2D eigenvalue weighted by molar-refractivity contribution is 7.26. The fourth-order valence-electron chi connectivity index (χ4n) is 11.0. The van der Waals surface area contributed by atoms with Crippen LogP contribution in [-0.2, 0) is 0 Å². The second kappa shape index (κ2) is 15.7. The average Bonchev–Trinajstić information content (AvgIpc) is 4.12. The molecule has 71 heavy (non-hydrogen) atoms. The van der Waals surface area contributed by atoms with E-state index < -0.39 is 0 Å². The highest BCUT2D eigenvalue weighted by atomic mass is 32.1. The lowest BCUT2D eigenvalue weighted by atomic mass is 9.94. The molecule has 0 bridgehead atoms. The van der Waals surface area contributed by atoms with E-state index in [9.17, 15) is 0 Å². The highest BCUT2D eigenvalue weighted by Crippen LogP contribution is 2.46. The fourth-order valence-corrected chi connectivity index (χ4v) is 12.3. The number of hydrogen-bond donors (Lipinski definition) is 0. The predicted molar refractivity (Wildman–Crippen MR) is 297 cm³/mol. The third kappa shape index (κ3) is 6.22. The van der Waals surface area contributed by atoms with E-state index in [1.54, 1.807) is 11.3 Å². The van der Waals surface area contributed by atoms with Crippen molar-refractivity contribution in [2.75, 3.05) is 0 Å². The smallest absolute Gasteiger partial charge is 0.167 e. The van der Waals surface area contributed by atoms with Crippen molar-refractivity contribution in [3.8, 4) is 62.1 Å². The molecule has 0 saturated carbocycles. The molecule has 15 aromatic rings. The van der Waals surface area contributed by atoms with Crippen LogP contribution >= 0.6 is 11.3 Å². The summed E-state index contributed by atoms with van der Waals surface area (Å²) in [6, 6.07) is 82.3. The van der Waals surface area contributed by atoms with Gasteiger partial charge in [0.25, 0.3) is 0 Å². The number of rotatable bonds is 6. The van der Waals surface area contributed by atoms with Crippen molar-refractivity contribution in [2.45, 2.75) is 0 Å². The lowest BCUT2D eigenvalue weighted by Crippen LogP contribution is -2.01. The summed E-state index contributed by atoms with van der Waals surface area (Å²) in [5.41, 5.74) is 12.5. The average molecular weight is 923 g/mol. The van der Waals surface area contributed by atoms with Crippen molar-refractivity contribution < 1.29 is 4.42 Å². The van der Waals surface area contributed by atoms with Crippen molar-refractivity contribution in [3.05, 3.63) is 231 Å². The zero-order chi connectivity index (χ0) is 46.6. The molecule has 0 spiro atoms. The van der Waals surface area contributed by atoms with Crippen LogP contribution in [0.15, 0.2) is 235 Å². The lowest BCUT2D eigenvalue weighted by Gasteiger charge is -2.12. The molecule has 4 heterocycles. The van der Waals surface area contributed by atoms with Crippen LogP contribution < -0.4 is 0 Å². The van der Waals surface area contributed by atoms with E-state index in [2.05, 4.69) is 217 Å². The number of para-hydroxylation sites is 2. The maximum Gasteiger partial charge on any atom is 0.167 e. The summed E-state index contributed by atoms with van der Waals surface area (Å²) in [4.78, 5) is 16.0. The zero-order valence-electron chi connectivity index (χ0n) is 38.0. The number of hydrogen-bond acceptors (Lipinski definition) is 5. The molecule has 0 saturated heterocycles. The summed E-state index contributed by atoms with van der Waals surface area (Å²) >= 11 is 1.79. The first-order valence-corrected chi connectivity index (χ1v) is 24.7. The van der Waals surface area contributed by atoms with Crippen LogP contribution in [0.3, 0.4) is 0 Å². The van der Waals surface area contributed by atoms with Gasteiger partial charge in [-0.3, -0.25) is 0 Å². The van der Waals surface area contributed by atoms with Crippen molar-refractivity contribution >= 4 is 96.8 Å². The Morgan fingerprint density at radius 3 is 1.80 bits per heavy atom. The summed E-state index contributed by atoms with van der Waals surface area (Å²) < 4.78 is 11.4. The topological polar surface area (TPSA) is 56.7 Å². The van der Waals surface area contributed by atoms with E-state index >= 15 is 0 Å². The van der Waals surface area contributed by atoms with Gasteiger partial charge in [-0.15, -0.1) is 11.3 Å². The molecule has 15 rings (SSSR count). The highest BCUT2D eigenvalue weighted by Gasteiger charge is 2.23. The van der Waals surface area contributed by atoms with Crippen LogP contribution in [0.2, 0.25) is 0 Å². The summed E-state index contributed by atoms with van der Waals surface area (Å²) in [6.07, 6.45) is 0. The number of fused-ring (bicyclic) bond motifs is 12. The number of furan rings is 1. The van der Waals surface area contributed by atoms with Gasteiger partial charge < -0.3 is 8.98 Å². The van der Waals surface area contributed by atoms with Crippen LogP contribution in [-0.4, -0.2) is 19.5 Å². The Morgan fingerprint density at radius 2 is 0.972 bits per heavy atom. The van der Waals surface area contributed by atoms with Gasteiger partial charge in [-0.1, -0.05) is 182 Å². The van der Waals surface area contributed by atoms with Gasteiger partial charge in [0.05, 0.1) is 16.6 Å². The van der Waals surface area contributed by atoms with Crippen molar-refractivity contribution in [3.63, 3.8) is 0 Å². The molecular formula is C65H38N4OS. The second-order valence-corrected chi connectivity index (χ2v) is 19.3. The minimum atomic E-state index is 0.562. The molecule has 0 aliphatic heterocycles. The molecule has 0 radical (unpaired) electrons. The Morgan fingerprint density at radius 1 is 0.352 bits per heavy atom. The molecule has 0 aliphatic rings. The third-order valence-electron chi connectivity index (χ3n) is 14.3. The van der Waals surface area contributed by atoms with E-state index in [1.807, 2.05) is 18.2 Å². The van der Waals surface area contributed by atoms with Gasteiger partial charge in [0.1, 0.15) is 11.2 Å². The van der Waals surface area contributed by atoms with Crippen LogP contribution in [0.5, 0.6) is 0 Å². The molecule has 5 nitrogen and oxygen atoms in total. The molecule has 0 amide bonds. The molecule has 6 heteroatoms. The second-order valence-electron chi connectivity index (χ2n) is 18.2. The van der Waals surface area contributed by atoms with Gasteiger partial charge in [-0.2, -0.15) is 0 Å². The lowest BCUT2D eigenvalue weighted by molar-refractivity contribution is 0.669. The Bertz CT molecular complexity index is 4640. The fraction of sp³-hybridized carbons (Fsp3) is 0. The summed E-state index contributed by atoms with van der Waals surface area (Å²) in [7, 11) is 0. The molecule has 330 valence electrons. The normalized spacial score (nSPS) is 11.9. The molecule has 0 atom stereocenters. The molecule has 0 fully saturated rings. The van der Waals surface area contributed by atoms with Gasteiger partial charge in [0.15, 0.2) is 17.5 Å². The van der Waals surface area contributed by atoms with Crippen LogP contribution in [0.4, 0.5) is 0 Å². The number of benzene rings is 11. The SMILES string of the molecule is c1ccc(-c2ccc3c(c2)c2c4ccccc4c(-c4ccccc4)cc2n3-c2ccc3c(c2)sc2c(-c4nc(-c5cccc6ccccc56)nc(-c5cccc6c5oc5ccccc56)n4)cccc23)cc1. The van der Waals surface area contributed by atoms with E-state index in [0.717, 1.165) is 70.7 Å². The molecule has 0 aliphatic carbocycles. The van der Waals surface area contributed by atoms with E-state index in [4.69, 9.17) is 19.4 Å². The quantitative estimate of drug-likeness (QED) is 0.167. The van der Waals surface area contributed by atoms with E-state index in [-0.39, 0.29) is 0 Å². The summed E-state index contributed by atoms with van der Waals surface area (Å²) in [5, 5.41) is 11.6. The molecular weight excluding hydrogens is 885 g/mol. The van der Waals surface area contributed by atoms with Crippen molar-refractivity contribution in [1.29, 1.82) is 0 Å². The van der Waals surface area contributed by atoms with Gasteiger partial charge in [0.2, 0.25) is 0 Å². The van der Waals surface area contributed by atoms with Crippen LogP contribution in [0.25, 0.3) is 148 Å². The summed E-state index contributed by atoms with van der Waals surface area (Å²) in [6.45, 7) is 0. The standard InChI is InChI=1S/C65H38N4OS/c1-3-16-39(17-4-1)42-32-35-56-55(36-42)60-48-25-10-9-23-45(48)54(41-18-5-2-6-19-41)38-57(60)69(56)43-33-34-47-50-27-15-30-53(62(50)71-59(47)37-43)65-67-63(51-28-13-21-40-20-7-8-22-44(40)51)66-64(68-65)52-29-14-26-49-46-24-11-12-31-58(46)70-61(49)52/h1-38H. The summed E-state index contributed by atoms with van der Waals surface area (Å²) in [5.74, 6) is 1.78. The largest absolute Gasteiger partial charge is 0.455 e. The third-order valence-corrected chi connectivity index (χ3v) is 15.5. The minimum absolute atomic E-state index is 0.562. The molecule has 0 N–H and O–H groups in total. The van der Waals surface area contributed by atoms with Gasteiger partial charge in [-0.25, -0.2) is 15.0 Å². The monoisotopic (exact) mass is 922 g/mol. The maximum atomic E-state index is 6.58. The van der Waals surface area contributed by atoms with Gasteiger partial charge in [0, 0.05) is 58.5 Å². The van der Waals surface area contributed by atoms with Crippen LogP contribution in [0, 0.1) is 0 Å².